The Morgan fingerprint density at radius 2 is 1.65 bits per heavy atom. The number of benzene rings is 2. The molecule has 2 aromatic carbocycles. The van der Waals surface area contributed by atoms with Crippen LogP contribution in [0.15, 0.2) is 54.6 Å². The Balaban J connectivity index is 2.12. The SMILES string of the molecule is CC(Oc1cccc(C(N)=O)c1)C(=O)c1ccccc1. The highest BCUT2D eigenvalue weighted by molar-refractivity contribution is 5.99. The van der Waals surface area contributed by atoms with Crippen LogP contribution >= 0.6 is 0 Å². The number of amides is 1. The average Bonchev–Trinajstić information content (AvgIpc) is 2.47. The predicted molar refractivity (Wildman–Crippen MR) is 75.8 cm³/mol. The van der Waals surface area contributed by atoms with E-state index in [2.05, 4.69) is 0 Å². The van der Waals surface area contributed by atoms with Gasteiger partial charge in [-0.05, 0) is 25.1 Å². The summed E-state index contributed by atoms with van der Waals surface area (Å²) in [6.07, 6.45) is -0.638. The standard InChI is InChI=1S/C16H15NO3/c1-11(15(18)12-6-3-2-4-7-12)20-14-9-5-8-13(10-14)16(17)19/h2-11H,1H3,(H2,17,19). The summed E-state index contributed by atoms with van der Waals surface area (Å²) in [6, 6.07) is 15.4. The van der Waals surface area contributed by atoms with Crippen LogP contribution in [0.5, 0.6) is 5.75 Å². The molecule has 2 rings (SSSR count). The first kappa shape index (κ1) is 13.8. The van der Waals surface area contributed by atoms with E-state index in [4.69, 9.17) is 10.5 Å². The van der Waals surface area contributed by atoms with Crippen LogP contribution in [-0.2, 0) is 0 Å². The van der Waals surface area contributed by atoms with Crippen LogP contribution in [0.4, 0.5) is 0 Å². The maximum atomic E-state index is 12.2. The number of primary amides is 1. The number of nitrogens with two attached hydrogens (primary N) is 1. The van der Waals surface area contributed by atoms with Crippen LogP contribution < -0.4 is 10.5 Å². The van der Waals surface area contributed by atoms with Gasteiger partial charge in [0.05, 0.1) is 0 Å². The lowest BCUT2D eigenvalue weighted by Gasteiger charge is -2.14. The fourth-order valence-electron chi connectivity index (χ4n) is 1.82. The van der Waals surface area contributed by atoms with E-state index in [1.54, 1.807) is 49.4 Å². The smallest absolute Gasteiger partial charge is 0.248 e. The molecule has 0 saturated heterocycles. The molecule has 20 heavy (non-hydrogen) atoms. The molecule has 1 atom stereocenters. The number of hydrogen-bond acceptors (Lipinski definition) is 3. The molecule has 0 heterocycles. The van der Waals surface area contributed by atoms with Crippen LogP contribution in [-0.4, -0.2) is 17.8 Å². The quantitative estimate of drug-likeness (QED) is 0.847. The Kier molecular flexibility index (Phi) is 4.15. The van der Waals surface area contributed by atoms with Crippen LogP contribution in [0, 0.1) is 0 Å². The minimum atomic E-state index is -0.638. The first-order valence-electron chi connectivity index (χ1n) is 6.23. The van der Waals surface area contributed by atoms with Gasteiger partial charge in [0.2, 0.25) is 11.7 Å². The number of ketones is 1. The molecule has 4 heteroatoms. The summed E-state index contributed by atoms with van der Waals surface area (Å²) >= 11 is 0. The molecule has 0 aliphatic carbocycles. The lowest BCUT2D eigenvalue weighted by molar-refractivity contribution is 0.0818. The van der Waals surface area contributed by atoms with Crippen molar-refractivity contribution in [2.45, 2.75) is 13.0 Å². The minimum Gasteiger partial charge on any atom is -0.483 e. The van der Waals surface area contributed by atoms with Crippen molar-refractivity contribution < 1.29 is 14.3 Å². The second-order valence-electron chi connectivity index (χ2n) is 4.38. The second-order valence-corrected chi connectivity index (χ2v) is 4.38. The summed E-state index contributed by atoms with van der Waals surface area (Å²) < 4.78 is 5.56. The molecule has 1 amide bonds. The van der Waals surface area contributed by atoms with Crippen LogP contribution in [0.3, 0.4) is 0 Å². The first-order chi connectivity index (χ1) is 9.58. The van der Waals surface area contributed by atoms with E-state index in [0.29, 0.717) is 16.9 Å². The summed E-state index contributed by atoms with van der Waals surface area (Å²) in [6.45, 7) is 1.67. The Morgan fingerprint density at radius 3 is 2.30 bits per heavy atom. The van der Waals surface area contributed by atoms with Crippen molar-refractivity contribution in [2.24, 2.45) is 5.73 Å². The highest BCUT2D eigenvalue weighted by Gasteiger charge is 2.16. The topological polar surface area (TPSA) is 69.4 Å². The molecule has 0 bridgehead atoms. The third-order valence-corrected chi connectivity index (χ3v) is 2.86. The highest BCUT2D eigenvalue weighted by Crippen LogP contribution is 2.16. The molecule has 2 aromatic rings. The number of Topliss-reactive ketones (excluding diaryl/α,β-unsaturated/α-hetero) is 1. The largest absolute Gasteiger partial charge is 0.483 e. The normalized spacial score (nSPS) is 11.7. The Bertz CT molecular complexity index is 623. The summed E-state index contributed by atoms with van der Waals surface area (Å²) in [7, 11) is 0. The molecule has 102 valence electrons. The molecule has 4 nitrogen and oxygen atoms in total. The summed E-state index contributed by atoms with van der Waals surface area (Å²) in [5, 5.41) is 0. The van der Waals surface area contributed by atoms with Gasteiger partial charge in [-0.2, -0.15) is 0 Å². The van der Waals surface area contributed by atoms with Gasteiger partial charge >= 0.3 is 0 Å². The number of carbonyl (C=O) groups excluding carboxylic acids is 2. The number of ether oxygens (including phenoxy) is 1. The zero-order chi connectivity index (χ0) is 14.5. The molecule has 2 N–H and O–H groups in total. The van der Waals surface area contributed by atoms with E-state index in [1.807, 2.05) is 6.07 Å². The number of rotatable bonds is 5. The van der Waals surface area contributed by atoms with E-state index in [9.17, 15) is 9.59 Å². The zero-order valence-corrected chi connectivity index (χ0v) is 11.1. The molecule has 0 spiro atoms. The molecule has 0 aromatic heterocycles. The summed E-state index contributed by atoms with van der Waals surface area (Å²) in [4.78, 5) is 23.2. The Morgan fingerprint density at radius 1 is 1.00 bits per heavy atom. The van der Waals surface area contributed by atoms with Crippen molar-refractivity contribution in [3.05, 3.63) is 65.7 Å². The van der Waals surface area contributed by atoms with E-state index in [-0.39, 0.29) is 5.78 Å². The van der Waals surface area contributed by atoms with Gasteiger partial charge in [-0.1, -0.05) is 36.4 Å². The Hall–Kier alpha value is -2.62. The maximum Gasteiger partial charge on any atom is 0.248 e. The second kappa shape index (κ2) is 6.02. The van der Waals surface area contributed by atoms with E-state index in [1.165, 1.54) is 6.07 Å². The third-order valence-electron chi connectivity index (χ3n) is 2.86. The molecule has 0 radical (unpaired) electrons. The van der Waals surface area contributed by atoms with E-state index >= 15 is 0 Å². The van der Waals surface area contributed by atoms with Gasteiger partial charge in [-0.15, -0.1) is 0 Å². The average molecular weight is 269 g/mol. The van der Waals surface area contributed by atoms with Gasteiger partial charge in [0, 0.05) is 11.1 Å². The van der Waals surface area contributed by atoms with Gasteiger partial charge in [-0.25, -0.2) is 0 Å². The predicted octanol–water partition coefficient (Wildman–Crippen LogP) is 2.44. The lowest BCUT2D eigenvalue weighted by Crippen LogP contribution is -2.24. The molecule has 1 unspecified atom stereocenters. The van der Waals surface area contributed by atoms with Crippen molar-refractivity contribution in [1.29, 1.82) is 0 Å². The van der Waals surface area contributed by atoms with Gasteiger partial charge in [0.25, 0.3) is 0 Å². The number of carbonyl (C=O) groups is 2. The molecular weight excluding hydrogens is 254 g/mol. The van der Waals surface area contributed by atoms with Crippen molar-refractivity contribution >= 4 is 11.7 Å². The van der Waals surface area contributed by atoms with Gasteiger partial charge in [0.1, 0.15) is 5.75 Å². The van der Waals surface area contributed by atoms with Crippen LogP contribution in [0.2, 0.25) is 0 Å². The molecule has 0 saturated carbocycles. The van der Waals surface area contributed by atoms with Crippen molar-refractivity contribution in [1.82, 2.24) is 0 Å². The van der Waals surface area contributed by atoms with Crippen LogP contribution in [0.25, 0.3) is 0 Å². The molecule has 0 aliphatic heterocycles. The van der Waals surface area contributed by atoms with Gasteiger partial charge in [0.15, 0.2) is 6.10 Å². The maximum absolute atomic E-state index is 12.2. The first-order valence-corrected chi connectivity index (χ1v) is 6.23. The van der Waals surface area contributed by atoms with Crippen molar-refractivity contribution in [3.63, 3.8) is 0 Å². The summed E-state index contributed by atoms with van der Waals surface area (Å²) in [5.41, 5.74) is 6.14. The van der Waals surface area contributed by atoms with Gasteiger partial charge in [-0.3, -0.25) is 9.59 Å². The van der Waals surface area contributed by atoms with Crippen molar-refractivity contribution in [2.75, 3.05) is 0 Å². The lowest BCUT2D eigenvalue weighted by atomic mass is 10.1. The fraction of sp³-hybridized carbons (Fsp3) is 0.125. The van der Waals surface area contributed by atoms with E-state index in [0.717, 1.165) is 0 Å². The molecular formula is C16H15NO3. The van der Waals surface area contributed by atoms with Gasteiger partial charge < -0.3 is 10.5 Å². The van der Waals surface area contributed by atoms with E-state index < -0.39 is 12.0 Å². The number of hydrogen-bond donors (Lipinski definition) is 1. The van der Waals surface area contributed by atoms with Crippen molar-refractivity contribution in [3.8, 4) is 5.75 Å². The molecule has 0 aliphatic rings. The molecule has 0 fully saturated rings. The summed E-state index contributed by atoms with van der Waals surface area (Å²) in [5.74, 6) is -0.203. The Labute approximate surface area is 117 Å². The zero-order valence-electron chi connectivity index (χ0n) is 11.1. The monoisotopic (exact) mass is 269 g/mol. The minimum absolute atomic E-state index is 0.116. The highest BCUT2D eigenvalue weighted by atomic mass is 16.5. The fourth-order valence-corrected chi connectivity index (χ4v) is 1.82. The third kappa shape index (κ3) is 3.23. The van der Waals surface area contributed by atoms with Crippen LogP contribution in [0.1, 0.15) is 27.6 Å².